The van der Waals surface area contributed by atoms with Crippen molar-refractivity contribution >= 4 is 29.9 Å². The highest BCUT2D eigenvalue weighted by atomic mass is 127. The van der Waals surface area contributed by atoms with E-state index in [1.165, 1.54) is 6.07 Å². The number of nitrogens with one attached hydrogen (secondary N) is 2. The SMILES string of the molecule is CN=C(NCc1ccc(OC)nc1)NCC1(c2ccccc2F)CC1.I. The molecule has 0 radical (unpaired) electrons. The maximum absolute atomic E-state index is 14.1. The zero-order valence-electron chi connectivity index (χ0n) is 15.0. The topological polar surface area (TPSA) is 58.5 Å². The summed E-state index contributed by atoms with van der Waals surface area (Å²) in [6, 6.07) is 10.8. The molecule has 2 aromatic rings. The van der Waals surface area contributed by atoms with Crippen molar-refractivity contribution in [3.05, 3.63) is 59.5 Å². The summed E-state index contributed by atoms with van der Waals surface area (Å²) >= 11 is 0. The molecular formula is C19H24FIN4O. The first-order valence-electron chi connectivity index (χ1n) is 8.35. The van der Waals surface area contributed by atoms with Crippen LogP contribution in [0.3, 0.4) is 0 Å². The van der Waals surface area contributed by atoms with E-state index in [4.69, 9.17) is 4.74 Å². The number of rotatable bonds is 6. The number of hydrogen-bond donors (Lipinski definition) is 2. The average molecular weight is 470 g/mol. The molecule has 2 N–H and O–H groups in total. The van der Waals surface area contributed by atoms with Gasteiger partial charge in [-0.15, -0.1) is 24.0 Å². The summed E-state index contributed by atoms with van der Waals surface area (Å²) in [5, 5.41) is 6.57. The molecule has 0 atom stereocenters. The van der Waals surface area contributed by atoms with Gasteiger partial charge < -0.3 is 15.4 Å². The molecule has 0 amide bonds. The Morgan fingerprint density at radius 2 is 2.00 bits per heavy atom. The van der Waals surface area contributed by atoms with Gasteiger partial charge in [0.05, 0.1) is 7.11 Å². The quantitative estimate of drug-likeness (QED) is 0.387. The maximum Gasteiger partial charge on any atom is 0.212 e. The van der Waals surface area contributed by atoms with Gasteiger partial charge in [-0.05, 0) is 30.0 Å². The first kappa shape index (κ1) is 20.4. The second-order valence-corrected chi connectivity index (χ2v) is 6.25. The molecule has 1 aromatic carbocycles. The van der Waals surface area contributed by atoms with Crippen LogP contribution in [-0.4, -0.2) is 31.6 Å². The van der Waals surface area contributed by atoms with E-state index in [-0.39, 0.29) is 35.2 Å². The Hall–Kier alpha value is -1.90. The van der Waals surface area contributed by atoms with Gasteiger partial charge in [-0.25, -0.2) is 9.37 Å². The third kappa shape index (κ3) is 4.84. The van der Waals surface area contributed by atoms with E-state index in [0.29, 0.717) is 24.9 Å². The molecule has 26 heavy (non-hydrogen) atoms. The summed E-state index contributed by atoms with van der Waals surface area (Å²) in [5.41, 5.74) is 1.70. The molecule has 1 aromatic heterocycles. The van der Waals surface area contributed by atoms with Crippen LogP contribution in [0.5, 0.6) is 5.88 Å². The molecule has 1 aliphatic rings. The minimum atomic E-state index is -0.131. The van der Waals surface area contributed by atoms with Crippen molar-refractivity contribution in [2.24, 2.45) is 4.99 Å². The largest absolute Gasteiger partial charge is 0.481 e. The Morgan fingerprint density at radius 3 is 2.58 bits per heavy atom. The fourth-order valence-electron chi connectivity index (χ4n) is 2.88. The number of pyridine rings is 1. The number of hydrogen-bond acceptors (Lipinski definition) is 3. The first-order valence-corrected chi connectivity index (χ1v) is 8.35. The van der Waals surface area contributed by atoms with Crippen molar-refractivity contribution in [2.45, 2.75) is 24.8 Å². The van der Waals surface area contributed by atoms with Crippen molar-refractivity contribution in [1.29, 1.82) is 0 Å². The predicted octanol–water partition coefficient (Wildman–Crippen LogP) is 3.24. The molecule has 7 heteroatoms. The monoisotopic (exact) mass is 470 g/mol. The molecular weight excluding hydrogens is 446 g/mol. The molecule has 1 fully saturated rings. The molecule has 0 spiro atoms. The molecule has 3 rings (SSSR count). The summed E-state index contributed by atoms with van der Waals surface area (Å²) in [6.45, 7) is 1.26. The van der Waals surface area contributed by atoms with E-state index in [9.17, 15) is 4.39 Å². The van der Waals surface area contributed by atoms with E-state index in [1.54, 1.807) is 26.4 Å². The zero-order valence-corrected chi connectivity index (χ0v) is 17.3. The highest BCUT2D eigenvalue weighted by Crippen LogP contribution is 2.48. The molecule has 140 valence electrons. The maximum atomic E-state index is 14.1. The lowest BCUT2D eigenvalue weighted by Gasteiger charge is -2.19. The second kappa shape index (κ2) is 9.16. The molecule has 1 aliphatic carbocycles. The summed E-state index contributed by atoms with van der Waals surface area (Å²) < 4.78 is 19.1. The van der Waals surface area contributed by atoms with Crippen molar-refractivity contribution in [3.63, 3.8) is 0 Å². The molecule has 0 saturated heterocycles. The number of methoxy groups -OCH3 is 1. The summed E-state index contributed by atoms with van der Waals surface area (Å²) in [7, 11) is 3.32. The average Bonchev–Trinajstić information content (AvgIpc) is 3.43. The van der Waals surface area contributed by atoms with Crippen LogP contribution in [-0.2, 0) is 12.0 Å². The molecule has 1 heterocycles. The Bertz CT molecular complexity index is 747. The van der Waals surface area contributed by atoms with Gasteiger partial charge >= 0.3 is 0 Å². The van der Waals surface area contributed by atoms with Crippen molar-refractivity contribution < 1.29 is 9.13 Å². The summed E-state index contributed by atoms with van der Waals surface area (Å²) in [6.07, 6.45) is 3.74. The van der Waals surface area contributed by atoms with Crippen LogP contribution in [0.2, 0.25) is 0 Å². The van der Waals surface area contributed by atoms with E-state index in [1.807, 2.05) is 24.3 Å². The van der Waals surface area contributed by atoms with Gasteiger partial charge in [-0.3, -0.25) is 4.99 Å². The van der Waals surface area contributed by atoms with Crippen LogP contribution >= 0.6 is 24.0 Å². The van der Waals surface area contributed by atoms with Gasteiger partial charge in [-0.1, -0.05) is 24.3 Å². The fraction of sp³-hybridized carbons (Fsp3) is 0.368. The standard InChI is InChI=1S/C19H23FN4O.HI/c1-21-18(23-12-14-7-8-17(25-2)22-11-14)24-13-19(9-10-19)15-5-3-4-6-16(15)20;/h3-8,11H,9-10,12-13H2,1-2H3,(H2,21,23,24);1H. The van der Waals surface area contributed by atoms with E-state index in [0.717, 1.165) is 24.0 Å². The van der Waals surface area contributed by atoms with Gasteiger partial charge in [0.2, 0.25) is 5.88 Å². The fourth-order valence-corrected chi connectivity index (χ4v) is 2.88. The van der Waals surface area contributed by atoms with Crippen LogP contribution < -0.4 is 15.4 Å². The number of guanidine groups is 1. The number of benzene rings is 1. The Morgan fingerprint density at radius 1 is 1.23 bits per heavy atom. The number of nitrogens with zero attached hydrogens (tertiary/aromatic N) is 2. The van der Waals surface area contributed by atoms with E-state index < -0.39 is 0 Å². The third-order valence-corrected chi connectivity index (χ3v) is 4.58. The summed E-state index contributed by atoms with van der Waals surface area (Å²) in [4.78, 5) is 8.42. The predicted molar refractivity (Wildman–Crippen MR) is 112 cm³/mol. The van der Waals surface area contributed by atoms with Crippen molar-refractivity contribution in [2.75, 3.05) is 20.7 Å². The molecule has 0 bridgehead atoms. The first-order chi connectivity index (χ1) is 12.2. The highest BCUT2D eigenvalue weighted by molar-refractivity contribution is 14.0. The Kier molecular flexibility index (Phi) is 7.19. The third-order valence-electron chi connectivity index (χ3n) is 4.58. The lowest BCUT2D eigenvalue weighted by molar-refractivity contribution is 0.397. The highest BCUT2D eigenvalue weighted by Gasteiger charge is 2.45. The van der Waals surface area contributed by atoms with Crippen LogP contribution in [0.1, 0.15) is 24.0 Å². The molecule has 1 saturated carbocycles. The molecule has 0 aliphatic heterocycles. The van der Waals surface area contributed by atoms with Crippen LogP contribution in [0.15, 0.2) is 47.6 Å². The molecule has 5 nitrogen and oxygen atoms in total. The van der Waals surface area contributed by atoms with Crippen molar-refractivity contribution in [1.82, 2.24) is 15.6 Å². The molecule has 0 unspecified atom stereocenters. The van der Waals surface area contributed by atoms with Gasteiger partial charge in [0, 0.05) is 37.8 Å². The van der Waals surface area contributed by atoms with Gasteiger partial charge in [-0.2, -0.15) is 0 Å². The van der Waals surface area contributed by atoms with Crippen LogP contribution in [0, 0.1) is 5.82 Å². The lowest BCUT2D eigenvalue weighted by Crippen LogP contribution is -2.41. The normalized spacial score (nSPS) is 15.0. The number of halogens is 2. The zero-order chi connectivity index (χ0) is 17.7. The Labute approximate surface area is 170 Å². The van der Waals surface area contributed by atoms with Gasteiger partial charge in [0.1, 0.15) is 5.82 Å². The van der Waals surface area contributed by atoms with Crippen molar-refractivity contribution in [3.8, 4) is 5.88 Å². The van der Waals surface area contributed by atoms with Gasteiger partial charge in [0.15, 0.2) is 5.96 Å². The smallest absolute Gasteiger partial charge is 0.212 e. The minimum absolute atomic E-state index is 0. The van der Waals surface area contributed by atoms with E-state index in [2.05, 4.69) is 20.6 Å². The lowest BCUT2D eigenvalue weighted by atomic mass is 9.95. The number of aromatic nitrogens is 1. The number of aliphatic imine (C=N–C) groups is 1. The number of ether oxygens (including phenoxy) is 1. The second-order valence-electron chi connectivity index (χ2n) is 6.25. The Balaban J connectivity index is 0.00000243. The van der Waals surface area contributed by atoms with Crippen LogP contribution in [0.4, 0.5) is 4.39 Å². The summed E-state index contributed by atoms with van der Waals surface area (Å²) in [5.74, 6) is 1.15. The minimum Gasteiger partial charge on any atom is -0.481 e. The van der Waals surface area contributed by atoms with Gasteiger partial charge in [0.25, 0.3) is 0 Å². The van der Waals surface area contributed by atoms with E-state index >= 15 is 0 Å². The van der Waals surface area contributed by atoms with Crippen LogP contribution in [0.25, 0.3) is 0 Å².